The molecule has 3 heterocycles. The number of likely N-dealkylation sites (tertiary alicyclic amines) is 2. The van der Waals surface area contributed by atoms with Gasteiger partial charge >= 0.3 is 5.97 Å². The number of nitrogens with one attached hydrogen (secondary N) is 1. The van der Waals surface area contributed by atoms with Gasteiger partial charge in [-0.2, -0.15) is 0 Å². The van der Waals surface area contributed by atoms with Crippen molar-refractivity contribution in [2.45, 2.75) is 65.0 Å². The number of aliphatic carboxylic acids is 1. The van der Waals surface area contributed by atoms with Crippen molar-refractivity contribution < 1.29 is 33.9 Å². The molecule has 5 rings (SSSR count). The van der Waals surface area contributed by atoms with Crippen molar-refractivity contribution >= 4 is 23.5 Å². The minimum Gasteiger partial charge on any atom is -0.481 e. The van der Waals surface area contributed by atoms with Gasteiger partial charge in [-0.05, 0) is 48.1 Å². The van der Waals surface area contributed by atoms with Crippen molar-refractivity contribution in [2.75, 3.05) is 58.5 Å². The number of hydrogen-bond acceptors (Lipinski definition) is 6. The largest absolute Gasteiger partial charge is 0.481 e. The molecule has 0 saturated carbocycles. The number of carbonyl (C=O) groups excluding carboxylic acids is 2. The topological polar surface area (TPSA) is 104 Å². The van der Waals surface area contributed by atoms with Crippen LogP contribution in [0.2, 0.25) is 0 Å². The molecule has 0 bridgehead atoms. The lowest BCUT2D eigenvalue weighted by molar-refractivity contribution is -0.872. The Balaban J connectivity index is 1.43. The maximum Gasteiger partial charge on any atom is 0.308 e. The summed E-state index contributed by atoms with van der Waals surface area (Å²) in [7, 11) is 4.21. The zero-order valence-electron chi connectivity index (χ0n) is 27.4. The Morgan fingerprint density at radius 3 is 2.58 bits per heavy atom. The van der Waals surface area contributed by atoms with Gasteiger partial charge in [0.1, 0.15) is 6.54 Å². The second kappa shape index (κ2) is 13.8. The van der Waals surface area contributed by atoms with Crippen LogP contribution in [0.1, 0.15) is 63.5 Å². The van der Waals surface area contributed by atoms with E-state index in [1.807, 2.05) is 40.1 Å². The lowest BCUT2D eigenvalue weighted by atomic mass is 9.84. The maximum atomic E-state index is 14.2. The number of carbonyl (C=O) groups is 3. The second-order valence-corrected chi connectivity index (χ2v) is 14.0. The summed E-state index contributed by atoms with van der Waals surface area (Å²) in [4.78, 5) is 47.1. The molecule has 3 aliphatic heterocycles. The van der Waals surface area contributed by atoms with Crippen molar-refractivity contribution in [1.82, 2.24) is 9.80 Å². The Morgan fingerprint density at radius 1 is 1.11 bits per heavy atom. The number of hydrogen-bond donors (Lipinski definition) is 2. The zero-order chi connectivity index (χ0) is 32.3. The lowest BCUT2D eigenvalue weighted by Crippen LogP contribution is -3.04. The van der Waals surface area contributed by atoms with Crippen LogP contribution in [0.5, 0.6) is 11.5 Å². The number of fused-ring (bicyclic) bond motifs is 1. The number of amides is 2. The van der Waals surface area contributed by atoms with Crippen LogP contribution in [0.3, 0.4) is 0 Å². The molecule has 3 atom stereocenters. The molecule has 10 heteroatoms. The molecular formula is C35H49N4O6+. The van der Waals surface area contributed by atoms with Gasteiger partial charge in [0.25, 0.3) is 0 Å². The van der Waals surface area contributed by atoms with E-state index in [4.69, 9.17) is 9.47 Å². The Bertz CT molecular complexity index is 1390. The highest BCUT2D eigenvalue weighted by atomic mass is 16.7. The van der Waals surface area contributed by atoms with Crippen LogP contribution in [0.15, 0.2) is 42.5 Å². The average Bonchev–Trinajstić information content (AvgIpc) is 3.66. The Morgan fingerprint density at radius 2 is 1.89 bits per heavy atom. The lowest BCUT2D eigenvalue weighted by Gasteiger charge is -2.31. The number of carboxylic acids is 1. The van der Waals surface area contributed by atoms with Crippen LogP contribution in [-0.2, 0) is 20.9 Å². The number of nitrogens with zero attached hydrogens (tertiary/aromatic N) is 3. The van der Waals surface area contributed by atoms with Gasteiger partial charge in [-0.3, -0.25) is 19.3 Å². The highest BCUT2D eigenvalue weighted by Gasteiger charge is 2.48. The molecule has 3 aliphatic rings. The van der Waals surface area contributed by atoms with Crippen LogP contribution < -0.4 is 19.3 Å². The molecule has 2 aromatic carbocycles. The van der Waals surface area contributed by atoms with Crippen LogP contribution in [0.4, 0.5) is 5.69 Å². The molecule has 0 unspecified atom stereocenters. The number of anilines is 1. The van der Waals surface area contributed by atoms with E-state index >= 15 is 0 Å². The summed E-state index contributed by atoms with van der Waals surface area (Å²) >= 11 is 0. The van der Waals surface area contributed by atoms with Gasteiger partial charge in [0.15, 0.2) is 11.5 Å². The third kappa shape index (κ3) is 7.61. The minimum atomic E-state index is -0.896. The van der Waals surface area contributed by atoms with Gasteiger partial charge in [-0.1, -0.05) is 45.4 Å². The standard InChI is InChI=1S/C35H48N4O6/c1-6-7-14-39(26-10-8-9-24(16-26)19-36(4)5)32(41)21-38-20-27(25-11-12-29-30(17-25)45-23-44-29)33(34(42)43)28(38)13-15-37-22-35(2,3)18-31(37)40/h8-12,16-17,27-28,33H,6-7,13-15,18-23H2,1-5H3,(H,42,43)/p+1/t27-,28+,33-/m1/s1. The molecule has 45 heavy (non-hydrogen) atoms. The zero-order valence-corrected chi connectivity index (χ0v) is 27.4. The summed E-state index contributed by atoms with van der Waals surface area (Å²) in [5, 5.41) is 10.6. The average molecular weight is 622 g/mol. The smallest absolute Gasteiger partial charge is 0.308 e. The number of ether oxygens (including phenoxy) is 2. The molecule has 0 aromatic heterocycles. The van der Waals surface area contributed by atoms with E-state index in [1.54, 1.807) is 0 Å². The number of unbranched alkanes of at least 4 members (excludes halogenated alkanes) is 1. The first-order valence-electron chi connectivity index (χ1n) is 16.3. The van der Waals surface area contributed by atoms with Crippen molar-refractivity contribution in [2.24, 2.45) is 11.3 Å². The van der Waals surface area contributed by atoms with Gasteiger partial charge < -0.3 is 29.3 Å². The van der Waals surface area contributed by atoms with Crippen LogP contribution >= 0.6 is 0 Å². The van der Waals surface area contributed by atoms with E-state index in [-0.39, 0.29) is 36.5 Å². The molecule has 0 spiro atoms. The third-order valence-corrected chi connectivity index (χ3v) is 9.31. The molecule has 2 N–H and O–H groups in total. The molecule has 2 amide bonds. The molecule has 2 aromatic rings. The molecule has 2 saturated heterocycles. The normalized spacial score (nSPS) is 22.4. The fourth-order valence-corrected chi connectivity index (χ4v) is 7.22. The third-order valence-electron chi connectivity index (χ3n) is 9.31. The summed E-state index contributed by atoms with van der Waals surface area (Å²) in [6.45, 7) is 9.49. The first-order valence-corrected chi connectivity index (χ1v) is 16.3. The van der Waals surface area contributed by atoms with E-state index in [1.165, 1.54) is 4.90 Å². The summed E-state index contributed by atoms with van der Waals surface area (Å²) in [5.74, 6) is -0.686. The SMILES string of the molecule is CCCCN(C(=O)CN1C[C@H](c2ccc3c(c2)OCO3)[C@@H](C(=O)O)[C@@H]1CCN1CC(C)(C)CC1=O)c1cccc(C[NH+](C)C)c1. The van der Waals surface area contributed by atoms with Crippen molar-refractivity contribution in [3.05, 3.63) is 53.6 Å². The van der Waals surface area contributed by atoms with Crippen molar-refractivity contribution in [3.8, 4) is 11.5 Å². The van der Waals surface area contributed by atoms with Gasteiger partial charge in [-0.15, -0.1) is 0 Å². The summed E-state index contributed by atoms with van der Waals surface area (Å²) in [6, 6.07) is 13.4. The number of quaternary nitrogens is 1. The predicted molar refractivity (Wildman–Crippen MR) is 172 cm³/mol. The highest BCUT2D eigenvalue weighted by molar-refractivity contribution is 5.95. The minimum absolute atomic E-state index is 0.0448. The first-order chi connectivity index (χ1) is 21.5. The van der Waals surface area contributed by atoms with E-state index < -0.39 is 17.9 Å². The van der Waals surface area contributed by atoms with Crippen molar-refractivity contribution in [3.63, 3.8) is 0 Å². The highest BCUT2D eigenvalue weighted by Crippen LogP contribution is 2.43. The van der Waals surface area contributed by atoms with Gasteiger partial charge in [0.05, 0.1) is 26.6 Å². The summed E-state index contributed by atoms with van der Waals surface area (Å²) < 4.78 is 11.1. The van der Waals surface area contributed by atoms with Crippen LogP contribution in [-0.4, -0.2) is 92.3 Å². The fraction of sp³-hybridized carbons (Fsp3) is 0.571. The van der Waals surface area contributed by atoms with E-state index in [9.17, 15) is 19.5 Å². The molecule has 0 aliphatic carbocycles. The van der Waals surface area contributed by atoms with Crippen molar-refractivity contribution in [1.29, 1.82) is 0 Å². The maximum absolute atomic E-state index is 14.2. The quantitative estimate of drug-likeness (QED) is 0.355. The summed E-state index contributed by atoms with van der Waals surface area (Å²) in [5.41, 5.74) is 2.78. The molecule has 0 radical (unpaired) electrons. The number of carboxylic acid groups (broad SMARTS) is 1. The van der Waals surface area contributed by atoms with Crippen LogP contribution in [0.25, 0.3) is 0 Å². The Hall–Kier alpha value is -3.63. The Kier molecular flexibility index (Phi) is 10.0. The predicted octanol–water partition coefficient (Wildman–Crippen LogP) is 3.01. The number of benzene rings is 2. The second-order valence-electron chi connectivity index (χ2n) is 14.0. The van der Waals surface area contributed by atoms with E-state index in [0.717, 1.165) is 36.2 Å². The van der Waals surface area contributed by atoms with E-state index in [2.05, 4.69) is 51.9 Å². The van der Waals surface area contributed by atoms with E-state index in [0.29, 0.717) is 50.5 Å². The molecule has 10 nitrogen and oxygen atoms in total. The number of rotatable bonds is 13. The molecular weight excluding hydrogens is 572 g/mol. The summed E-state index contributed by atoms with van der Waals surface area (Å²) in [6.07, 6.45) is 2.78. The molecule has 2 fully saturated rings. The first kappa shape index (κ1) is 32.8. The van der Waals surface area contributed by atoms with Gasteiger partial charge in [0, 0.05) is 55.8 Å². The molecule has 244 valence electrons. The van der Waals surface area contributed by atoms with Gasteiger partial charge in [0.2, 0.25) is 18.6 Å². The van der Waals surface area contributed by atoms with Crippen LogP contribution in [0, 0.1) is 11.3 Å². The van der Waals surface area contributed by atoms with Gasteiger partial charge in [-0.25, -0.2) is 0 Å². The monoisotopic (exact) mass is 621 g/mol. The fourth-order valence-electron chi connectivity index (χ4n) is 7.22. The Labute approximate surface area is 266 Å².